The fraction of sp³-hybridized carbons (Fsp3) is 0.103. The van der Waals surface area contributed by atoms with E-state index < -0.39 is 0 Å². The molecule has 13 aromatic carbocycles. The van der Waals surface area contributed by atoms with Gasteiger partial charge in [0, 0.05) is 96.9 Å². The molecular weight excluding hydrogens is 1140 g/mol. The Labute approximate surface area is 551 Å². The Balaban J connectivity index is 0.948. The molecule has 6 heterocycles. The minimum Gasteiger partial charge on any atom is -0.365 e. The second-order valence-corrected chi connectivity index (χ2v) is 27.1. The number of benzene rings is 13. The van der Waals surface area contributed by atoms with Gasteiger partial charge in [-0.15, -0.1) is 0 Å². The second kappa shape index (κ2) is 21.3. The van der Waals surface area contributed by atoms with Crippen LogP contribution >= 0.6 is 0 Å². The third-order valence-electron chi connectivity index (χ3n) is 22.0. The molecule has 2 saturated carbocycles. The average molecular weight is 1200 g/mol. The first-order valence-electron chi connectivity index (χ1n) is 33.9. The largest absolute Gasteiger partial charge is 0.365 e. The summed E-state index contributed by atoms with van der Waals surface area (Å²) in [4.78, 5) is 13.6. The molecule has 4 bridgehead atoms. The van der Waals surface area contributed by atoms with Crippen LogP contribution in [0.15, 0.2) is 309 Å². The molecule has 0 radical (unpaired) electrons. The molecule has 0 aromatic heterocycles. The molecular formula is C87H65B2N5. The van der Waals surface area contributed by atoms with Gasteiger partial charge in [-0.3, -0.25) is 0 Å². The summed E-state index contributed by atoms with van der Waals surface area (Å²) in [7, 11) is 0. The summed E-state index contributed by atoms with van der Waals surface area (Å²) in [6.45, 7) is -0.270. The van der Waals surface area contributed by atoms with E-state index in [0.29, 0.717) is 12.1 Å². The summed E-state index contributed by atoms with van der Waals surface area (Å²) < 4.78 is 0. The van der Waals surface area contributed by atoms with E-state index in [0.717, 1.165) is 23.2 Å². The van der Waals surface area contributed by atoms with E-state index in [1.807, 2.05) is 0 Å². The summed E-state index contributed by atoms with van der Waals surface area (Å²) in [5.74, 6) is 1.58. The zero-order chi connectivity index (χ0) is 61.5. The third kappa shape index (κ3) is 8.10. The molecule has 444 valence electrons. The van der Waals surface area contributed by atoms with Crippen LogP contribution in [0.25, 0.3) is 44.5 Å². The molecule has 13 aromatic rings. The van der Waals surface area contributed by atoms with Gasteiger partial charge in [-0.2, -0.15) is 0 Å². The smallest absolute Gasteiger partial charge is 0.252 e. The maximum Gasteiger partial charge on any atom is 0.252 e. The number of piperidine rings is 2. The molecule has 6 aliphatic heterocycles. The van der Waals surface area contributed by atoms with Gasteiger partial charge in [0.05, 0.1) is 11.4 Å². The highest BCUT2D eigenvalue weighted by Gasteiger charge is 2.52. The van der Waals surface area contributed by atoms with Gasteiger partial charge in [-0.25, -0.2) is 0 Å². The van der Waals surface area contributed by atoms with Gasteiger partial charge in [0.1, 0.15) is 0 Å². The Kier molecular flexibility index (Phi) is 12.1. The van der Waals surface area contributed by atoms with Gasteiger partial charge >= 0.3 is 0 Å². The van der Waals surface area contributed by atoms with Crippen LogP contribution in [0, 0.1) is 11.8 Å². The van der Waals surface area contributed by atoms with Gasteiger partial charge in [-0.05, 0) is 166 Å². The van der Waals surface area contributed by atoms with Crippen molar-refractivity contribution in [1.29, 1.82) is 0 Å². The predicted octanol–water partition coefficient (Wildman–Crippen LogP) is 18.3. The number of para-hydroxylation sites is 6. The maximum absolute atomic E-state index is 2.95. The summed E-state index contributed by atoms with van der Waals surface area (Å²) in [6.07, 6.45) is 6.40. The lowest BCUT2D eigenvalue weighted by molar-refractivity contribution is 0.0900. The van der Waals surface area contributed by atoms with E-state index in [9.17, 15) is 0 Å². The van der Waals surface area contributed by atoms with Crippen molar-refractivity contribution in [3.8, 4) is 44.5 Å². The van der Waals surface area contributed by atoms with E-state index in [1.54, 1.807) is 0 Å². The maximum atomic E-state index is 2.95. The summed E-state index contributed by atoms with van der Waals surface area (Å²) >= 11 is 0. The highest BCUT2D eigenvalue weighted by atomic mass is 15.2. The minimum absolute atomic E-state index is 0.0953. The Morgan fingerprint density at radius 1 is 0.234 bits per heavy atom. The Hall–Kier alpha value is -11.0. The topological polar surface area (TPSA) is 16.2 Å². The van der Waals surface area contributed by atoms with Crippen LogP contribution in [-0.4, -0.2) is 25.5 Å². The SMILES string of the molecule is c1ccc(-c2cccc(-c3ccccc3)c2N2c3ccccc3B3c4cc5c(cc4N(c4c(-c6ccccc6)cccc4-c4ccccc4)c4cc(N6C7CC8CC(C7)CC6C8)cc2c43)N(c2ccccc2)c2cccc3c2B5c2ccccc2N3c2ccccc2)cc1. The van der Waals surface area contributed by atoms with Crippen LogP contribution in [0.1, 0.15) is 32.1 Å². The first kappa shape index (κ1) is 53.6. The van der Waals surface area contributed by atoms with Gasteiger partial charge < -0.3 is 24.5 Å². The first-order valence-corrected chi connectivity index (χ1v) is 33.9. The van der Waals surface area contributed by atoms with Crippen molar-refractivity contribution in [2.75, 3.05) is 24.5 Å². The van der Waals surface area contributed by atoms with Crippen LogP contribution in [-0.2, 0) is 0 Å². The molecule has 0 unspecified atom stereocenters. The molecule has 8 aliphatic rings. The van der Waals surface area contributed by atoms with Crippen molar-refractivity contribution in [3.63, 3.8) is 0 Å². The molecule has 94 heavy (non-hydrogen) atoms. The number of hydrogen-bond donors (Lipinski definition) is 0. The monoisotopic (exact) mass is 1200 g/mol. The lowest BCUT2D eigenvalue weighted by Gasteiger charge is -2.58. The van der Waals surface area contributed by atoms with Crippen LogP contribution in [0.3, 0.4) is 0 Å². The van der Waals surface area contributed by atoms with E-state index in [4.69, 9.17) is 0 Å². The quantitative estimate of drug-likeness (QED) is 0.134. The van der Waals surface area contributed by atoms with Crippen molar-refractivity contribution >= 4 is 120 Å². The van der Waals surface area contributed by atoms with E-state index in [2.05, 4.69) is 334 Å². The number of nitrogens with zero attached hydrogens (tertiary/aromatic N) is 5. The van der Waals surface area contributed by atoms with Crippen LogP contribution < -0.4 is 57.3 Å². The molecule has 2 saturated heterocycles. The first-order chi connectivity index (χ1) is 46.7. The number of hydrogen-bond acceptors (Lipinski definition) is 5. The van der Waals surface area contributed by atoms with Gasteiger partial charge in [0.25, 0.3) is 13.4 Å². The van der Waals surface area contributed by atoms with E-state index in [-0.39, 0.29) is 13.4 Å². The lowest BCUT2D eigenvalue weighted by Crippen LogP contribution is -2.65. The third-order valence-corrected chi connectivity index (χ3v) is 22.0. The highest BCUT2D eigenvalue weighted by molar-refractivity contribution is 7.03. The van der Waals surface area contributed by atoms with Crippen molar-refractivity contribution in [2.24, 2.45) is 11.8 Å². The second-order valence-electron chi connectivity index (χ2n) is 27.1. The summed E-state index contributed by atoms with van der Waals surface area (Å²) in [6, 6.07) is 118. The molecule has 0 N–H and O–H groups in total. The van der Waals surface area contributed by atoms with Gasteiger partial charge in [0.2, 0.25) is 0 Å². The van der Waals surface area contributed by atoms with E-state index >= 15 is 0 Å². The number of anilines is 13. The predicted molar refractivity (Wildman–Crippen MR) is 396 cm³/mol. The zero-order valence-electron chi connectivity index (χ0n) is 52.2. The van der Waals surface area contributed by atoms with Gasteiger partial charge in [-0.1, -0.05) is 243 Å². The number of rotatable bonds is 9. The molecule has 2 aliphatic carbocycles. The standard InChI is InChI=1S/C87H65B2N5/c1-7-26-59(27-8-1)68-38-23-39-69(60-28-9-2-10-29-60)86(68)93-77-45-22-20-43-73(77)89-75-55-74-80(92(64-36-17-6-18-37-64)79-47-25-46-78-84(79)88(74)72-42-19-21-44-76(72)91(78)63-34-15-5-16-35-63)56-81(75)94(87-70(61-30-11-3-12-31-61)40-24-41-71(87)62-32-13-4-14-33-62)83-54-67(53-82(93)85(83)89)90-65-49-57-48-58(51-65)52-66(90)50-57/h1-47,53-58,65-66H,48-52H2. The molecule has 5 nitrogen and oxygen atoms in total. The minimum atomic E-state index is -0.175. The van der Waals surface area contributed by atoms with E-state index in [1.165, 1.54) is 172 Å². The van der Waals surface area contributed by atoms with Crippen molar-refractivity contribution in [3.05, 3.63) is 309 Å². The Bertz CT molecular complexity index is 5000. The molecule has 0 amide bonds. The summed E-state index contributed by atoms with van der Waals surface area (Å²) in [5.41, 5.74) is 32.9. The molecule has 21 rings (SSSR count). The van der Waals surface area contributed by atoms with Gasteiger partial charge in [0.15, 0.2) is 0 Å². The zero-order valence-corrected chi connectivity index (χ0v) is 52.2. The van der Waals surface area contributed by atoms with Crippen LogP contribution in [0.2, 0.25) is 0 Å². The normalized spacial score (nSPS) is 18.1. The molecule has 0 atom stereocenters. The Morgan fingerprint density at radius 3 is 1.00 bits per heavy atom. The fourth-order valence-electron chi connectivity index (χ4n) is 18.6. The fourth-order valence-corrected chi connectivity index (χ4v) is 18.6. The van der Waals surface area contributed by atoms with Crippen LogP contribution in [0.4, 0.5) is 73.9 Å². The highest BCUT2D eigenvalue weighted by Crippen LogP contribution is 2.57. The Morgan fingerprint density at radius 2 is 0.564 bits per heavy atom. The molecule has 4 fully saturated rings. The van der Waals surface area contributed by atoms with Crippen LogP contribution in [0.5, 0.6) is 0 Å². The number of fused-ring (bicyclic) bond motifs is 8. The molecule has 0 spiro atoms. The van der Waals surface area contributed by atoms with Crippen molar-refractivity contribution in [1.82, 2.24) is 0 Å². The van der Waals surface area contributed by atoms with Crippen molar-refractivity contribution < 1.29 is 0 Å². The summed E-state index contributed by atoms with van der Waals surface area (Å²) in [5, 5.41) is 0. The molecule has 7 heteroatoms. The average Bonchev–Trinajstić information content (AvgIpc) is 0.684. The lowest BCUT2D eigenvalue weighted by atomic mass is 9.30. The van der Waals surface area contributed by atoms with Crippen molar-refractivity contribution in [2.45, 2.75) is 44.2 Å².